The second-order valence-electron chi connectivity index (χ2n) is 8.37. The summed E-state index contributed by atoms with van der Waals surface area (Å²) in [7, 11) is 0.475. The number of nitrogens with zero attached hydrogens (tertiary/aromatic N) is 4. The second-order valence-corrected chi connectivity index (χ2v) is 10.5. The van der Waals surface area contributed by atoms with E-state index in [9.17, 15) is 18.0 Å². The first kappa shape index (κ1) is 22.1. The van der Waals surface area contributed by atoms with Gasteiger partial charge in [0.15, 0.2) is 11.6 Å². The van der Waals surface area contributed by atoms with Gasteiger partial charge in [-0.25, -0.2) is 27.7 Å². The Morgan fingerprint density at radius 2 is 1.84 bits per heavy atom. The molecule has 0 aliphatic heterocycles. The van der Waals surface area contributed by atoms with E-state index in [-0.39, 0.29) is 45.4 Å². The first-order chi connectivity index (χ1) is 18.8. The third-order valence-electron chi connectivity index (χ3n) is 5.60. The van der Waals surface area contributed by atoms with E-state index in [2.05, 4.69) is 25.6 Å². The first-order valence-corrected chi connectivity index (χ1v) is 12.6. The van der Waals surface area contributed by atoms with E-state index < -0.39 is 22.9 Å². The first-order valence-electron chi connectivity index (χ1n) is 12.6. The smallest absolute Gasteiger partial charge is 0.254 e. The maximum Gasteiger partial charge on any atom is 0.254 e. The van der Waals surface area contributed by atoms with Crippen LogP contribution in [0.5, 0.6) is 5.75 Å². The van der Waals surface area contributed by atoms with Crippen LogP contribution in [0, 0.1) is 5.92 Å². The van der Waals surface area contributed by atoms with Crippen LogP contribution in [-0.4, -0.2) is 67.7 Å². The maximum absolute atomic E-state index is 12.8. The van der Waals surface area contributed by atoms with Crippen LogP contribution in [0.2, 0.25) is 0 Å². The minimum Gasteiger partial charge on any atom is -0.494 e. The highest BCUT2D eigenvalue weighted by atomic mass is 32.2. The molecule has 1 aromatic carbocycles. The Kier molecular flexibility index (Phi) is 6.27. The highest BCUT2D eigenvalue weighted by Crippen LogP contribution is 2.37. The van der Waals surface area contributed by atoms with E-state index in [0.717, 1.165) is 23.3 Å². The van der Waals surface area contributed by atoms with Crippen molar-refractivity contribution in [2.45, 2.75) is 17.7 Å². The number of pyridine rings is 1. The van der Waals surface area contributed by atoms with Crippen LogP contribution in [0.4, 0.5) is 17.2 Å². The van der Waals surface area contributed by atoms with E-state index in [4.69, 9.17) is 8.85 Å². The quantitative estimate of drug-likeness (QED) is 0.379. The van der Waals surface area contributed by atoms with Crippen LogP contribution < -0.4 is 20.7 Å². The third-order valence-corrected chi connectivity index (χ3v) is 7.37. The monoisotopic (exact) mass is 528 g/mol. The van der Waals surface area contributed by atoms with Crippen molar-refractivity contribution in [3.8, 4) is 17.1 Å². The van der Waals surface area contributed by atoms with Crippen molar-refractivity contribution in [2.75, 3.05) is 38.8 Å². The predicted octanol–water partition coefficient (Wildman–Crippen LogP) is 2.25. The van der Waals surface area contributed by atoms with Crippen molar-refractivity contribution in [3.63, 3.8) is 0 Å². The largest absolute Gasteiger partial charge is 0.494 e. The maximum atomic E-state index is 12.8. The van der Waals surface area contributed by atoms with Gasteiger partial charge in [0, 0.05) is 43.4 Å². The molecule has 0 atom stereocenters. The van der Waals surface area contributed by atoms with Crippen LogP contribution in [0.1, 0.15) is 27.3 Å². The zero-order valence-electron chi connectivity index (χ0n) is 23.3. The number of aromatic nitrogens is 3. The highest BCUT2D eigenvalue weighted by molar-refractivity contribution is 7.89. The lowest BCUT2D eigenvalue weighted by Crippen LogP contribution is -2.22. The van der Waals surface area contributed by atoms with Gasteiger partial charge in [0.1, 0.15) is 10.7 Å². The van der Waals surface area contributed by atoms with Gasteiger partial charge in [0.25, 0.3) is 5.91 Å². The van der Waals surface area contributed by atoms with Crippen molar-refractivity contribution in [2.24, 2.45) is 5.92 Å². The number of methoxy groups -OCH3 is 1. The van der Waals surface area contributed by atoms with Gasteiger partial charge in [-0.05, 0) is 25.0 Å². The number of para-hydroxylation sites is 1. The lowest BCUT2D eigenvalue weighted by molar-refractivity contribution is -0.117. The fourth-order valence-corrected chi connectivity index (χ4v) is 4.22. The van der Waals surface area contributed by atoms with Crippen LogP contribution in [0.15, 0.2) is 47.8 Å². The number of carbonyl (C=O) groups excluding carboxylic acids is 2. The Labute approximate surface area is 218 Å². The van der Waals surface area contributed by atoms with Crippen LogP contribution in [0.3, 0.4) is 0 Å². The fourth-order valence-electron chi connectivity index (χ4n) is 3.43. The van der Waals surface area contributed by atoms with Gasteiger partial charge >= 0.3 is 0 Å². The molecule has 0 saturated heterocycles. The Bertz CT molecular complexity index is 1540. The number of rotatable bonds is 9. The zero-order valence-corrected chi connectivity index (χ0v) is 21.1. The Hall–Kier alpha value is -4.10. The summed E-state index contributed by atoms with van der Waals surface area (Å²) in [6.07, 6.45) is 5.10. The summed E-state index contributed by atoms with van der Waals surface area (Å²) in [5.41, 5.74) is 0.808. The molecule has 3 aromatic rings. The number of anilines is 3. The highest BCUT2D eigenvalue weighted by Gasteiger charge is 2.30. The van der Waals surface area contributed by atoms with E-state index >= 15 is 0 Å². The molecule has 0 radical (unpaired) electrons. The SMILES string of the molecule is [2H]C([2H])([2H])NC(=O)c1cnc(NC(=O)C2CC2)cc1Nc1cccc(-c2ncc(S(=O)(=O)N(C)C)cn2)c1OC. The Balaban J connectivity index is 1.72. The van der Waals surface area contributed by atoms with E-state index in [1.54, 1.807) is 18.2 Å². The minimum absolute atomic E-state index is 0.0861. The molecule has 1 saturated carbocycles. The number of ether oxygens (including phenoxy) is 1. The van der Waals surface area contributed by atoms with Gasteiger partial charge in [-0.3, -0.25) is 9.59 Å². The van der Waals surface area contributed by atoms with Crippen molar-refractivity contribution in [1.29, 1.82) is 0 Å². The third kappa shape index (κ3) is 5.52. The summed E-state index contributed by atoms with van der Waals surface area (Å²) in [6.45, 7) is -2.74. The molecular weight excluding hydrogens is 498 g/mol. The molecule has 0 bridgehead atoms. The molecule has 0 unspecified atom stereocenters. The molecule has 1 aliphatic carbocycles. The summed E-state index contributed by atoms with van der Waals surface area (Å²) in [6, 6.07) is 6.38. The summed E-state index contributed by atoms with van der Waals surface area (Å²) in [4.78, 5) is 37.5. The van der Waals surface area contributed by atoms with Crippen molar-refractivity contribution in [3.05, 3.63) is 48.4 Å². The molecular formula is C24H27N7O5S. The van der Waals surface area contributed by atoms with Gasteiger partial charge < -0.3 is 20.7 Å². The number of benzene rings is 1. The van der Waals surface area contributed by atoms with Gasteiger partial charge in [0.05, 0.1) is 42.0 Å². The molecule has 12 nitrogen and oxygen atoms in total. The van der Waals surface area contributed by atoms with Crippen molar-refractivity contribution in [1.82, 2.24) is 24.6 Å². The minimum atomic E-state index is -3.73. The van der Waals surface area contributed by atoms with Crippen LogP contribution in [-0.2, 0) is 14.8 Å². The average molecular weight is 529 g/mol. The number of hydrogen-bond donors (Lipinski definition) is 3. The predicted molar refractivity (Wildman–Crippen MR) is 137 cm³/mol. The number of sulfonamides is 1. The molecule has 3 N–H and O–H groups in total. The number of amides is 2. The molecule has 1 fully saturated rings. The fraction of sp³-hybridized carbons (Fsp3) is 0.292. The van der Waals surface area contributed by atoms with Gasteiger partial charge in [-0.2, -0.15) is 0 Å². The number of hydrogen-bond acceptors (Lipinski definition) is 9. The summed E-state index contributed by atoms with van der Waals surface area (Å²) in [5, 5.41) is 7.69. The molecule has 194 valence electrons. The molecule has 37 heavy (non-hydrogen) atoms. The molecule has 1 aliphatic rings. The average Bonchev–Trinajstić information content (AvgIpc) is 3.73. The standard InChI is InChI=1S/C24H27N7O5S/c1-25-24(33)17-13-26-20(30-23(32)14-8-9-14)10-19(17)29-18-7-5-6-16(21(18)36-4)22-27-11-15(12-28-22)37(34,35)31(2)3/h5-7,10-14H,8-9H2,1-4H3,(H,25,33)(H2,26,29,30,32)/i1D3. The zero-order chi connectivity index (χ0) is 29.2. The van der Waals surface area contributed by atoms with E-state index in [1.807, 2.05) is 5.32 Å². The van der Waals surface area contributed by atoms with Gasteiger partial charge in [0.2, 0.25) is 15.9 Å². The Morgan fingerprint density at radius 3 is 2.46 bits per heavy atom. The lowest BCUT2D eigenvalue weighted by atomic mass is 10.1. The number of nitrogens with one attached hydrogen (secondary N) is 3. The molecule has 2 heterocycles. The lowest BCUT2D eigenvalue weighted by Gasteiger charge is -2.17. The molecule has 0 spiro atoms. The molecule has 2 aromatic heterocycles. The second kappa shape index (κ2) is 10.5. The van der Waals surface area contributed by atoms with Crippen molar-refractivity contribution < 1.29 is 26.9 Å². The topological polar surface area (TPSA) is 156 Å². The van der Waals surface area contributed by atoms with Crippen molar-refractivity contribution >= 4 is 39.0 Å². The molecule has 2 amide bonds. The van der Waals surface area contributed by atoms with Crippen LogP contribution in [0.25, 0.3) is 11.4 Å². The van der Waals surface area contributed by atoms with E-state index in [1.165, 1.54) is 39.7 Å². The summed E-state index contributed by atoms with van der Waals surface area (Å²) >= 11 is 0. The van der Waals surface area contributed by atoms with Gasteiger partial charge in [-0.15, -0.1) is 0 Å². The molecule has 4 rings (SSSR count). The summed E-state index contributed by atoms with van der Waals surface area (Å²) in [5.74, 6) is -0.603. The summed E-state index contributed by atoms with van der Waals surface area (Å²) < 4.78 is 53.6. The number of carbonyl (C=O) groups is 2. The van der Waals surface area contributed by atoms with E-state index in [0.29, 0.717) is 11.3 Å². The molecule has 13 heteroatoms. The Morgan fingerprint density at radius 1 is 1.11 bits per heavy atom. The van der Waals surface area contributed by atoms with Gasteiger partial charge in [-0.1, -0.05) is 6.07 Å². The van der Waals surface area contributed by atoms with Crippen LogP contribution >= 0.6 is 0 Å². The normalized spacial score (nSPS) is 14.8.